The van der Waals surface area contributed by atoms with Crippen molar-refractivity contribution >= 4 is 18.0 Å². The topological polar surface area (TPSA) is 86.7 Å². The maximum Gasteiger partial charge on any atom is 0.308 e. The van der Waals surface area contributed by atoms with E-state index in [-0.39, 0.29) is 36.3 Å². The van der Waals surface area contributed by atoms with Crippen molar-refractivity contribution in [2.45, 2.75) is 110 Å². The lowest BCUT2D eigenvalue weighted by Crippen LogP contribution is -2.45. The number of hydrogen-bond donors (Lipinski definition) is 0. The third-order valence-electron chi connectivity index (χ3n) is 8.07. The van der Waals surface area contributed by atoms with Crippen LogP contribution in [0.3, 0.4) is 0 Å². The Balaban J connectivity index is 1.61. The third kappa shape index (κ3) is 7.81. The van der Waals surface area contributed by atoms with Crippen LogP contribution >= 0.6 is 0 Å². The molecule has 1 aromatic carbocycles. The zero-order valence-corrected chi connectivity index (χ0v) is 28.6. The number of rotatable bonds is 7. The second-order valence-corrected chi connectivity index (χ2v) is 14.2. The zero-order chi connectivity index (χ0) is 33.4. The molecule has 0 spiro atoms. The fourth-order valence-electron chi connectivity index (χ4n) is 6.29. The second kappa shape index (κ2) is 13.2. The summed E-state index contributed by atoms with van der Waals surface area (Å²) in [5.74, 6) is -0.704. The van der Waals surface area contributed by atoms with Crippen LogP contribution in [0.5, 0.6) is 0 Å². The summed E-state index contributed by atoms with van der Waals surface area (Å²) in [6.07, 6.45) is 8.51. The van der Waals surface area contributed by atoms with Gasteiger partial charge < -0.3 is 19.1 Å². The maximum absolute atomic E-state index is 14.2. The van der Waals surface area contributed by atoms with Gasteiger partial charge in [0.15, 0.2) is 5.79 Å². The fraction of sp³-hybridized carbons (Fsp3) is 0.514. The molecule has 0 bridgehead atoms. The monoisotopic (exact) mass is 630 g/mol. The van der Waals surface area contributed by atoms with Crippen LogP contribution in [0.15, 0.2) is 36.5 Å². The maximum atomic E-state index is 14.2. The molecule has 0 N–H and O–H groups in total. The molecule has 0 radical (unpaired) electrons. The number of ether oxygens (including phenoxy) is 3. The van der Waals surface area contributed by atoms with Gasteiger partial charge in [-0.05, 0) is 88.6 Å². The number of benzene rings is 1. The summed E-state index contributed by atoms with van der Waals surface area (Å²) >= 11 is 0. The normalized spacial score (nSPS) is 19.5. The number of pyridine rings is 1. The molecular formula is C37H47FN4O4. The Kier molecular flexibility index (Phi) is 9.66. The van der Waals surface area contributed by atoms with Crippen molar-refractivity contribution < 1.29 is 23.4 Å². The predicted octanol–water partition coefficient (Wildman–Crippen LogP) is 7.68. The molecule has 8 nitrogen and oxygen atoms in total. The fourth-order valence-corrected chi connectivity index (χ4v) is 6.29. The van der Waals surface area contributed by atoms with Crippen LogP contribution in [-0.2, 0) is 31.8 Å². The minimum Gasteiger partial charge on any atom is -0.460 e. The van der Waals surface area contributed by atoms with E-state index in [0.29, 0.717) is 12.4 Å². The molecule has 1 fully saturated rings. The number of fused-ring (bicyclic) bond motifs is 3. The van der Waals surface area contributed by atoms with Crippen LogP contribution < -0.4 is 4.90 Å². The molecule has 0 saturated carbocycles. The summed E-state index contributed by atoms with van der Waals surface area (Å²) < 4.78 is 32.2. The van der Waals surface area contributed by atoms with E-state index in [1.165, 1.54) is 12.1 Å². The Bertz CT molecular complexity index is 1610. The highest BCUT2D eigenvalue weighted by atomic mass is 19.1. The van der Waals surface area contributed by atoms with Crippen molar-refractivity contribution in [1.29, 1.82) is 0 Å². The molecule has 3 heterocycles. The van der Waals surface area contributed by atoms with E-state index in [9.17, 15) is 9.18 Å². The molecule has 2 aromatic heterocycles. The standard InChI is InChI=1S/C37H47FN4O4/c1-22(2)33-28(18-17-25-19-26(45-37(6,7)44-25)20-31(43)46-36(3,4)5)32(23-13-15-24(38)16-14-23)27-11-10-12-30-29(34(27)41-33)21-39-35(40-30)42(8)9/h13-18,21-22,25-26H,10-12,19-20H2,1-9H3/t25-,26-/m1/s1. The number of carbonyl (C=O) groups excluding carboxylic acids is 1. The first-order valence-electron chi connectivity index (χ1n) is 16.2. The number of esters is 1. The van der Waals surface area contributed by atoms with Gasteiger partial charge in [-0.1, -0.05) is 38.1 Å². The molecule has 9 heteroatoms. The minimum atomic E-state index is -0.887. The summed E-state index contributed by atoms with van der Waals surface area (Å²) in [5, 5.41) is 0. The zero-order valence-electron chi connectivity index (χ0n) is 28.6. The van der Waals surface area contributed by atoms with Gasteiger partial charge in [0.2, 0.25) is 5.95 Å². The largest absolute Gasteiger partial charge is 0.460 e. The lowest BCUT2D eigenvalue weighted by Gasteiger charge is -2.39. The van der Waals surface area contributed by atoms with Crippen molar-refractivity contribution in [1.82, 2.24) is 15.0 Å². The van der Waals surface area contributed by atoms with Crippen molar-refractivity contribution in [3.05, 3.63) is 64.9 Å². The van der Waals surface area contributed by atoms with Gasteiger partial charge in [0.05, 0.1) is 35.7 Å². The summed E-state index contributed by atoms with van der Waals surface area (Å²) in [5.41, 5.74) is 7.21. The van der Waals surface area contributed by atoms with Crippen LogP contribution in [0.4, 0.5) is 10.3 Å². The van der Waals surface area contributed by atoms with E-state index >= 15 is 0 Å². The van der Waals surface area contributed by atoms with Gasteiger partial charge in [-0.3, -0.25) is 9.78 Å². The highest BCUT2D eigenvalue weighted by molar-refractivity contribution is 5.85. The van der Waals surface area contributed by atoms with Gasteiger partial charge in [-0.25, -0.2) is 14.4 Å². The van der Waals surface area contributed by atoms with Crippen LogP contribution in [-0.4, -0.2) is 58.6 Å². The Morgan fingerprint density at radius 3 is 2.50 bits per heavy atom. The van der Waals surface area contributed by atoms with Crippen molar-refractivity contribution in [3.8, 4) is 22.4 Å². The highest BCUT2D eigenvalue weighted by Crippen LogP contribution is 2.42. The summed E-state index contributed by atoms with van der Waals surface area (Å²) in [4.78, 5) is 29.4. The van der Waals surface area contributed by atoms with E-state index in [1.807, 2.05) is 78.0 Å². The Hall–Kier alpha value is -3.69. The number of nitrogens with zero attached hydrogens (tertiary/aromatic N) is 4. The smallest absolute Gasteiger partial charge is 0.308 e. The second-order valence-electron chi connectivity index (χ2n) is 14.2. The molecule has 1 saturated heterocycles. The van der Waals surface area contributed by atoms with E-state index in [2.05, 4.69) is 24.9 Å². The van der Waals surface area contributed by atoms with E-state index in [0.717, 1.165) is 64.2 Å². The molecular weight excluding hydrogens is 583 g/mol. The Morgan fingerprint density at radius 2 is 1.85 bits per heavy atom. The van der Waals surface area contributed by atoms with Gasteiger partial charge in [0, 0.05) is 37.8 Å². The highest BCUT2D eigenvalue weighted by Gasteiger charge is 2.36. The van der Waals surface area contributed by atoms with Crippen molar-refractivity contribution in [2.75, 3.05) is 19.0 Å². The van der Waals surface area contributed by atoms with E-state index in [4.69, 9.17) is 24.2 Å². The van der Waals surface area contributed by atoms with Crippen molar-refractivity contribution in [3.63, 3.8) is 0 Å². The van der Waals surface area contributed by atoms with Crippen LogP contribution in [0.1, 0.15) is 96.2 Å². The molecule has 5 rings (SSSR count). The summed E-state index contributed by atoms with van der Waals surface area (Å²) in [6, 6.07) is 6.70. The van der Waals surface area contributed by atoms with Gasteiger partial charge in [0.25, 0.3) is 0 Å². The third-order valence-corrected chi connectivity index (χ3v) is 8.07. The lowest BCUT2D eigenvalue weighted by molar-refractivity contribution is -0.290. The number of aryl methyl sites for hydroxylation is 1. The molecule has 3 aromatic rings. The number of aromatic nitrogens is 3. The first-order valence-corrected chi connectivity index (χ1v) is 16.2. The lowest BCUT2D eigenvalue weighted by atomic mass is 9.86. The average Bonchev–Trinajstić information content (AvgIpc) is 3.12. The number of halogens is 1. The van der Waals surface area contributed by atoms with E-state index < -0.39 is 11.4 Å². The SMILES string of the molecule is CC(C)c1nc2c(c(-c3ccc(F)cc3)c1C=C[C@@H]1C[C@H](CC(=O)OC(C)(C)C)OC(C)(C)O1)CCCc1nc(N(C)C)ncc1-2. The molecule has 0 unspecified atom stereocenters. The van der Waals surface area contributed by atoms with Crippen LogP contribution in [0.2, 0.25) is 0 Å². The van der Waals surface area contributed by atoms with E-state index in [1.54, 1.807) is 0 Å². The Labute approximate surface area is 272 Å². The molecule has 0 amide bonds. The molecule has 1 aliphatic carbocycles. The van der Waals surface area contributed by atoms with Crippen molar-refractivity contribution in [2.24, 2.45) is 0 Å². The van der Waals surface area contributed by atoms with Gasteiger partial charge >= 0.3 is 5.97 Å². The summed E-state index contributed by atoms with van der Waals surface area (Å²) in [7, 11) is 3.88. The molecule has 2 atom stereocenters. The van der Waals surface area contributed by atoms with Crippen LogP contribution in [0, 0.1) is 5.82 Å². The first kappa shape index (κ1) is 33.7. The van der Waals surface area contributed by atoms with Gasteiger partial charge in [-0.2, -0.15) is 0 Å². The summed E-state index contributed by atoms with van der Waals surface area (Å²) in [6.45, 7) is 13.6. The molecule has 46 heavy (non-hydrogen) atoms. The van der Waals surface area contributed by atoms with Gasteiger partial charge in [-0.15, -0.1) is 0 Å². The van der Waals surface area contributed by atoms with Crippen LogP contribution in [0.25, 0.3) is 28.5 Å². The molecule has 1 aliphatic heterocycles. The molecule has 246 valence electrons. The number of hydrogen-bond acceptors (Lipinski definition) is 8. The average molecular weight is 631 g/mol. The quantitative estimate of drug-likeness (QED) is 0.246. The number of anilines is 1. The Morgan fingerprint density at radius 1 is 1.13 bits per heavy atom. The number of carbonyl (C=O) groups is 1. The van der Waals surface area contributed by atoms with Gasteiger partial charge in [0.1, 0.15) is 11.4 Å². The predicted molar refractivity (Wildman–Crippen MR) is 179 cm³/mol. The minimum absolute atomic E-state index is 0.0878. The molecule has 2 aliphatic rings. The first-order chi connectivity index (χ1) is 21.6.